The third-order valence-electron chi connectivity index (χ3n) is 5.92. The number of oxime groups is 1. The molecule has 0 aliphatic carbocycles. The summed E-state index contributed by atoms with van der Waals surface area (Å²) in [6, 6.07) is 9.18. The molecule has 2 heterocycles. The van der Waals surface area contributed by atoms with Crippen LogP contribution in [0.25, 0.3) is 5.69 Å². The Hall–Kier alpha value is -4.82. The van der Waals surface area contributed by atoms with Crippen LogP contribution in [0.2, 0.25) is 10.0 Å². The molecule has 0 amide bonds. The van der Waals surface area contributed by atoms with Gasteiger partial charge in [0, 0.05) is 17.0 Å². The standard InChI is InChI=1S/C16H17N3O6.C15H18Cl2N2O3/c1-9(19-24-4)10-6-5-7-11(14(10)15(20)21)25-16-17-12(22-2)8-13(18-16)23-3;1-8(2)21-12-7-11(9(16)6-10(12)17)19-14(20)22-13(18-19)15(3,4)5/h5-8H,1-4H3,(H,20,21);6-8H,1-5H3. The number of benzene rings is 2. The number of hydrogen-bond acceptors (Lipinski definition) is 12. The molecule has 0 aliphatic rings. The minimum atomic E-state index is -1.19. The van der Waals surface area contributed by atoms with Crippen LogP contribution in [0.5, 0.6) is 29.3 Å². The number of nitrogens with zero attached hydrogens (tertiary/aromatic N) is 5. The molecular weight excluding hydrogens is 657 g/mol. The Morgan fingerprint density at radius 1 is 1.00 bits per heavy atom. The van der Waals surface area contributed by atoms with Gasteiger partial charge in [0.2, 0.25) is 17.7 Å². The average Bonchev–Trinajstić information content (AvgIpc) is 3.40. The van der Waals surface area contributed by atoms with E-state index in [-0.39, 0.29) is 45.6 Å². The lowest BCUT2D eigenvalue weighted by Crippen LogP contribution is -2.15. The van der Waals surface area contributed by atoms with Gasteiger partial charge in [-0.1, -0.05) is 61.3 Å². The van der Waals surface area contributed by atoms with Gasteiger partial charge in [-0.3, -0.25) is 0 Å². The molecule has 0 aliphatic heterocycles. The van der Waals surface area contributed by atoms with Gasteiger partial charge in [-0.25, -0.2) is 9.59 Å². The van der Waals surface area contributed by atoms with E-state index in [2.05, 4.69) is 20.2 Å². The molecule has 0 spiro atoms. The molecule has 14 nitrogen and oxygen atoms in total. The first-order chi connectivity index (χ1) is 22.1. The maximum atomic E-state index is 12.1. The summed E-state index contributed by atoms with van der Waals surface area (Å²) < 4.78 is 27.6. The Morgan fingerprint density at radius 3 is 2.15 bits per heavy atom. The molecule has 16 heteroatoms. The van der Waals surface area contributed by atoms with Crippen molar-refractivity contribution in [1.82, 2.24) is 19.7 Å². The largest absolute Gasteiger partial charge is 0.489 e. The summed E-state index contributed by atoms with van der Waals surface area (Å²) in [5.74, 6) is -0.557. The quantitative estimate of drug-likeness (QED) is 0.140. The molecule has 4 aromatic rings. The number of carboxylic acid groups (broad SMARTS) is 1. The number of carboxylic acids is 1. The fourth-order valence-electron chi connectivity index (χ4n) is 3.82. The highest BCUT2D eigenvalue weighted by atomic mass is 35.5. The molecule has 47 heavy (non-hydrogen) atoms. The van der Waals surface area contributed by atoms with E-state index in [9.17, 15) is 14.7 Å². The first-order valence-corrected chi connectivity index (χ1v) is 14.7. The molecule has 0 fully saturated rings. The van der Waals surface area contributed by atoms with Crippen molar-refractivity contribution >= 4 is 34.9 Å². The van der Waals surface area contributed by atoms with E-state index in [0.717, 1.165) is 4.68 Å². The Kier molecular flexibility index (Phi) is 12.2. The predicted octanol–water partition coefficient (Wildman–Crippen LogP) is 6.57. The normalized spacial score (nSPS) is 11.4. The number of aromatic nitrogens is 4. The lowest BCUT2D eigenvalue weighted by atomic mass is 9.97. The van der Waals surface area contributed by atoms with Crippen LogP contribution in [0.4, 0.5) is 0 Å². The van der Waals surface area contributed by atoms with Crippen LogP contribution < -0.4 is 24.7 Å². The van der Waals surface area contributed by atoms with Gasteiger partial charge < -0.3 is 33.3 Å². The van der Waals surface area contributed by atoms with Gasteiger partial charge in [-0.05, 0) is 32.9 Å². The van der Waals surface area contributed by atoms with E-state index in [0.29, 0.717) is 33.6 Å². The number of carbonyl (C=O) groups is 1. The topological polar surface area (TPSA) is 170 Å². The molecule has 0 radical (unpaired) electrons. The number of ether oxygens (including phenoxy) is 4. The van der Waals surface area contributed by atoms with Crippen LogP contribution in [-0.4, -0.2) is 64.0 Å². The fraction of sp³-hybridized carbons (Fsp3) is 0.355. The predicted molar refractivity (Wildman–Crippen MR) is 174 cm³/mol. The summed E-state index contributed by atoms with van der Waals surface area (Å²) in [5, 5.41) is 18.2. The molecule has 4 rings (SSSR count). The third-order valence-corrected chi connectivity index (χ3v) is 6.52. The van der Waals surface area contributed by atoms with Gasteiger partial charge in [0.15, 0.2) is 0 Å². The maximum Gasteiger partial charge on any atom is 0.442 e. The Labute approximate surface area is 280 Å². The molecule has 2 aromatic carbocycles. The van der Waals surface area contributed by atoms with Crippen molar-refractivity contribution < 1.29 is 38.1 Å². The van der Waals surface area contributed by atoms with Crippen molar-refractivity contribution in [3.05, 3.63) is 74.0 Å². The summed E-state index contributed by atoms with van der Waals surface area (Å²) in [5.41, 5.74) is 0.619. The van der Waals surface area contributed by atoms with Crippen molar-refractivity contribution in [1.29, 1.82) is 0 Å². The number of aromatic carboxylic acids is 1. The van der Waals surface area contributed by atoms with Gasteiger partial charge in [0.05, 0.1) is 47.8 Å². The highest BCUT2D eigenvalue weighted by Crippen LogP contribution is 2.34. The monoisotopic (exact) mass is 691 g/mol. The van der Waals surface area contributed by atoms with Gasteiger partial charge in [-0.15, -0.1) is 5.10 Å². The van der Waals surface area contributed by atoms with E-state index in [1.165, 1.54) is 39.5 Å². The molecular formula is C31H35Cl2N5O9. The summed E-state index contributed by atoms with van der Waals surface area (Å²) in [7, 11) is 4.24. The van der Waals surface area contributed by atoms with E-state index in [1.807, 2.05) is 34.6 Å². The first kappa shape index (κ1) is 36.6. The average molecular weight is 693 g/mol. The van der Waals surface area contributed by atoms with Crippen molar-refractivity contribution in [2.75, 3.05) is 21.3 Å². The van der Waals surface area contributed by atoms with Crippen LogP contribution in [0.3, 0.4) is 0 Å². The Bertz CT molecular complexity index is 1790. The van der Waals surface area contributed by atoms with Crippen LogP contribution in [0, 0.1) is 0 Å². The molecule has 0 atom stereocenters. The number of rotatable bonds is 10. The van der Waals surface area contributed by atoms with Crippen molar-refractivity contribution in [3.8, 4) is 35.0 Å². The van der Waals surface area contributed by atoms with Crippen molar-refractivity contribution in [2.24, 2.45) is 5.16 Å². The van der Waals surface area contributed by atoms with Crippen LogP contribution in [0.15, 0.2) is 50.8 Å². The number of halogens is 2. The molecule has 0 bridgehead atoms. The van der Waals surface area contributed by atoms with E-state index in [4.69, 9.17) is 51.4 Å². The zero-order valence-electron chi connectivity index (χ0n) is 27.2. The maximum absolute atomic E-state index is 12.1. The minimum absolute atomic E-state index is 0.0472. The zero-order chi connectivity index (χ0) is 35.1. The highest BCUT2D eigenvalue weighted by Gasteiger charge is 2.25. The molecule has 1 N–H and O–H groups in total. The summed E-state index contributed by atoms with van der Waals surface area (Å²) >= 11 is 12.3. The molecule has 0 unspecified atom stereocenters. The van der Waals surface area contributed by atoms with Crippen LogP contribution in [0.1, 0.15) is 63.4 Å². The zero-order valence-corrected chi connectivity index (χ0v) is 28.8. The summed E-state index contributed by atoms with van der Waals surface area (Å²) in [6.07, 6.45) is -0.0642. The van der Waals surface area contributed by atoms with Crippen LogP contribution in [-0.2, 0) is 10.3 Å². The second-order valence-corrected chi connectivity index (χ2v) is 11.7. The number of methoxy groups -OCH3 is 2. The Balaban J connectivity index is 0.000000257. The lowest BCUT2D eigenvalue weighted by molar-refractivity contribution is 0.0693. The van der Waals surface area contributed by atoms with Gasteiger partial charge >= 0.3 is 17.7 Å². The smallest absolute Gasteiger partial charge is 0.442 e. The van der Waals surface area contributed by atoms with Crippen LogP contribution >= 0.6 is 23.2 Å². The molecule has 0 saturated heterocycles. The second kappa shape index (κ2) is 15.6. The summed E-state index contributed by atoms with van der Waals surface area (Å²) in [4.78, 5) is 36.5. The highest BCUT2D eigenvalue weighted by molar-refractivity contribution is 6.36. The fourth-order valence-corrected chi connectivity index (χ4v) is 4.33. The lowest BCUT2D eigenvalue weighted by Gasteiger charge is -2.13. The molecule has 2 aromatic heterocycles. The van der Waals surface area contributed by atoms with Crippen molar-refractivity contribution in [3.63, 3.8) is 0 Å². The SMILES string of the molecule is CC(C)Oc1cc(-n2nc(C(C)(C)C)oc2=O)c(Cl)cc1Cl.CON=C(C)c1cccc(Oc2nc(OC)cc(OC)n2)c1C(=O)O. The molecule has 0 saturated carbocycles. The molecule has 252 valence electrons. The van der Waals surface area contributed by atoms with E-state index < -0.39 is 11.7 Å². The third kappa shape index (κ3) is 9.36. The van der Waals surface area contributed by atoms with E-state index >= 15 is 0 Å². The van der Waals surface area contributed by atoms with Crippen molar-refractivity contribution in [2.45, 2.75) is 53.1 Å². The second-order valence-electron chi connectivity index (χ2n) is 10.9. The van der Waals surface area contributed by atoms with Gasteiger partial charge in [0.1, 0.15) is 24.2 Å². The Morgan fingerprint density at radius 2 is 1.64 bits per heavy atom. The number of hydrogen-bond donors (Lipinski definition) is 1. The van der Waals surface area contributed by atoms with Gasteiger partial charge in [0.25, 0.3) is 0 Å². The summed E-state index contributed by atoms with van der Waals surface area (Å²) in [6.45, 7) is 11.1. The first-order valence-electron chi connectivity index (χ1n) is 14.0. The minimum Gasteiger partial charge on any atom is -0.489 e. The van der Waals surface area contributed by atoms with E-state index in [1.54, 1.807) is 25.1 Å². The van der Waals surface area contributed by atoms with Gasteiger partial charge in [-0.2, -0.15) is 14.6 Å².